The van der Waals surface area contributed by atoms with Gasteiger partial charge in [0.05, 0.1) is 12.7 Å². The van der Waals surface area contributed by atoms with Crippen LogP contribution >= 0.6 is 0 Å². The minimum absolute atomic E-state index is 0.0426. The molecule has 2 rings (SSSR count). The third-order valence-electron chi connectivity index (χ3n) is 3.50. The van der Waals surface area contributed by atoms with Crippen molar-refractivity contribution in [2.45, 2.75) is 6.92 Å². The lowest BCUT2D eigenvalue weighted by atomic mass is 10.1. The van der Waals surface area contributed by atoms with Gasteiger partial charge in [-0.05, 0) is 12.1 Å². The lowest BCUT2D eigenvalue weighted by Crippen LogP contribution is -2.50. The van der Waals surface area contributed by atoms with Gasteiger partial charge in [0.2, 0.25) is 5.91 Å². The van der Waals surface area contributed by atoms with Gasteiger partial charge in [-0.1, -0.05) is 0 Å². The van der Waals surface area contributed by atoms with Crippen LogP contribution in [0.4, 0.5) is 5.69 Å². The Balaban J connectivity index is 2.07. The topological polar surface area (TPSA) is 75.9 Å². The molecule has 1 aliphatic heterocycles. The average Bonchev–Trinajstić information content (AvgIpc) is 2.46. The molecule has 1 aromatic rings. The van der Waals surface area contributed by atoms with Crippen molar-refractivity contribution in [2.24, 2.45) is 0 Å². The van der Waals surface area contributed by atoms with E-state index in [9.17, 15) is 9.59 Å². The molecule has 0 aromatic heterocycles. The van der Waals surface area contributed by atoms with Gasteiger partial charge in [-0.2, -0.15) is 0 Å². The van der Waals surface area contributed by atoms with E-state index in [1.54, 1.807) is 42.0 Å². The molecule has 0 aliphatic carbocycles. The number of rotatable bonds is 2. The molecule has 1 fully saturated rings. The molecule has 2 N–H and O–H groups in total. The fourth-order valence-corrected chi connectivity index (χ4v) is 2.26. The third kappa shape index (κ3) is 2.84. The molecule has 1 aromatic carbocycles. The highest BCUT2D eigenvalue weighted by Crippen LogP contribution is 2.21. The predicted molar refractivity (Wildman–Crippen MR) is 75.6 cm³/mol. The van der Waals surface area contributed by atoms with Crippen molar-refractivity contribution in [2.75, 3.05) is 39.0 Å². The number of nitrogen functional groups attached to an aromatic ring is 1. The summed E-state index contributed by atoms with van der Waals surface area (Å²) in [6, 6.07) is 5.03. The van der Waals surface area contributed by atoms with E-state index in [0.29, 0.717) is 43.2 Å². The van der Waals surface area contributed by atoms with Gasteiger partial charge in [-0.15, -0.1) is 0 Å². The number of nitrogens with two attached hydrogens (primary N) is 1. The number of methoxy groups -OCH3 is 1. The second-order valence-electron chi connectivity index (χ2n) is 4.75. The fraction of sp³-hybridized carbons (Fsp3) is 0.429. The molecule has 1 aliphatic rings. The van der Waals surface area contributed by atoms with Crippen molar-refractivity contribution >= 4 is 17.5 Å². The van der Waals surface area contributed by atoms with Crippen LogP contribution in [0.2, 0.25) is 0 Å². The first-order chi connectivity index (χ1) is 9.52. The summed E-state index contributed by atoms with van der Waals surface area (Å²) in [5, 5.41) is 0. The van der Waals surface area contributed by atoms with Crippen molar-refractivity contribution in [1.82, 2.24) is 9.80 Å². The molecule has 0 atom stereocenters. The maximum atomic E-state index is 12.4. The lowest BCUT2D eigenvalue weighted by molar-refractivity contribution is -0.130. The summed E-state index contributed by atoms with van der Waals surface area (Å²) in [5.41, 5.74) is 6.77. The first-order valence-corrected chi connectivity index (χ1v) is 6.51. The van der Waals surface area contributed by atoms with Crippen LogP contribution in [0, 0.1) is 0 Å². The Morgan fingerprint density at radius 2 is 1.75 bits per heavy atom. The Morgan fingerprint density at radius 3 is 2.25 bits per heavy atom. The summed E-state index contributed by atoms with van der Waals surface area (Å²) >= 11 is 0. The van der Waals surface area contributed by atoms with Gasteiger partial charge in [0.15, 0.2) is 0 Å². The van der Waals surface area contributed by atoms with Crippen LogP contribution in [-0.4, -0.2) is 54.9 Å². The van der Waals surface area contributed by atoms with Crippen molar-refractivity contribution in [3.05, 3.63) is 23.8 Å². The number of ether oxygens (including phenoxy) is 1. The minimum Gasteiger partial charge on any atom is -0.497 e. The number of amides is 2. The molecular formula is C14H19N3O3. The van der Waals surface area contributed by atoms with Gasteiger partial charge in [-0.3, -0.25) is 9.59 Å². The zero-order valence-electron chi connectivity index (χ0n) is 11.8. The number of piperazine rings is 1. The molecule has 6 heteroatoms. The summed E-state index contributed by atoms with van der Waals surface area (Å²) in [4.78, 5) is 27.1. The van der Waals surface area contributed by atoms with Crippen LogP contribution < -0.4 is 10.5 Å². The second kappa shape index (κ2) is 5.81. The average molecular weight is 277 g/mol. The largest absolute Gasteiger partial charge is 0.497 e. The van der Waals surface area contributed by atoms with Gasteiger partial charge in [0.1, 0.15) is 5.75 Å². The van der Waals surface area contributed by atoms with Gasteiger partial charge in [0, 0.05) is 44.9 Å². The van der Waals surface area contributed by atoms with E-state index in [2.05, 4.69) is 0 Å². The van der Waals surface area contributed by atoms with E-state index < -0.39 is 0 Å². The molecule has 2 amide bonds. The number of hydrogen-bond acceptors (Lipinski definition) is 4. The molecule has 1 heterocycles. The van der Waals surface area contributed by atoms with Crippen LogP contribution in [0.3, 0.4) is 0 Å². The highest BCUT2D eigenvalue weighted by atomic mass is 16.5. The summed E-state index contributed by atoms with van der Waals surface area (Å²) in [7, 11) is 1.55. The van der Waals surface area contributed by atoms with E-state index in [1.807, 2.05) is 0 Å². The molecule has 1 saturated heterocycles. The Morgan fingerprint density at radius 1 is 1.15 bits per heavy atom. The van der Waals surface area contributed by atoms with Crippen molar-refractivity contribution in [3.8, 4) is 5.75 Å². The highest BCUT2D eigenvalue weighted by Gasteiger charge is 2.24. The van der Waals surface area contributed by atoms with Crippen molar-refractivity contribution in [3.63, 3.8) is 0 Å². The second-order valence-corrected chi connectivity index (χ2v) is 4.75. The van der Waals surface area contributed by atoms with E-state index in [1.165, 1.54) is 0 Å². The first-order valence-electron chi connectivity index (χ1n) is 6.51. The third-order valence-corrected chi connectivity index (χ3v) is 3.50. The maximum Gasteiger partial charge on any atom is 0.256 e. The molecule has 20 heavy (non-hydrogen) atoms. The standard InChI is InChI=1S/C14H19N3O3/c1-10(18)16-5-7-17(8-6-16)14(19)12-4-3-11(20-2)9-13(12)15/h3-4,9H,5-8,15H2,1-2H3. The SMILES string of the molecule is COc1ccc(C(=O)N2CCN(C(C)=O)CC2)c(N)c1. The molecule has 0 radical (unpaired) electrons. The molecule has 6 nitrogen and oxygen atoms in total. The molecule has 108 valence electrons. The number of anilines is 1. The van der Waals surface area contributed by atoms with Crippen molar-refractivity contribution in [1.29, 1.82) is 0 Å². The molecule has 0 saturated carbocycles. The fourth-order valence-electron chi connectivity index (χ4n) is 2.26. The number of benzene rings is 1. The van der Waals surface area contributed by atoms with E-state index in [4.69, 9.17) is 10.5 Å². The van der Waals surface area contributed by atoms with E-state index in [0.717, 1.165) is 0 Å². The summed E-state index contributed by atoms with van der Waals surface area (Å²) < 4.78 is 5.07. The molecule has 0 unspecified atom stereocenters. The van der Waals surface area contributed by atoms with Gasteiger partial charge >= 0.3 is 0 Å². The van der Waals surface area contributed by atoms with E-state index in [-0.39, 0.29) is 11.8 Å². The summed E-state index contributed by atoms with van der Waals surface area (Å²) in [6.07, 6.45) is 0. The monoisotopic (exact) mass is 277 g/mol. The Hall–Kier alpha value is -2.24. The molecule has 0 bridgehead atoms. The van der Waals surface area contributed by atoms with Gasteiger partial charge < -0.3 is 20.3 Å². The molecular weight excluding hydrogens is 258 g/mol. The minimum atomic E-state index is -0.103. The number of carbonyl (C=O) groups is 2. The predicted octanol–water partition coefficient (Wildman–Crippen LogP) is 0.582. The van der Waals surface area contributed by atoms with Crippen molar-refractivity contribution < 1.29 is 14.3 Å². The van der Waals surface area contributed by atoms with Gasteiger partial charge in [0.25, 0.3) is 5.91 Å². The van der Waals surface area contributed by atoms with Crippen LogP contribution in [0.5, 0.6) is 5.75 Å². The summed E-state index contributed by atoms with van der Waals surface area (Å²) in [6.45, 7) is 3.74. The summed E-state index contributed by atoms with van der Waals surface area (Å²) in [5.74, 6) is 0.565. The number of carbonyl (C=O) groups excluding carboxylic acids is 2. The smallest absolute Gasteiger partial charge is 0.256 e. The molecule has 0 spiro atoms. The zero-order valence-corrected chi connectivity index (χ0v) is 11.8. The first kappa shape index (κ1) is 14.2. The van der Waals surface area contributed by atoms with Gasteiger partial charge in [-0.25, -0.2) is 0 Å². The van der Waals surface area contributed by atoms with Crippen LogP contribution in [0.1, 0.15) is 17.3 Å². The van der Waals surface area contributed by atoms with Crippen LogP contribution in [-0.2, 0) is 4.79 Å². The number of nitrogens with zero attached hydrogens (tertiary/aromatic N) is 2. The Labute approximate surface area is 118 Å². The zero-order chi connectivity index (χ0) is 14.7. The van der Waals surface area contributed by atoms with E-state index >= 15 is 0 Å². The highest BCUT2D eigenvalue weighted by molar-refractivity contribution is 5.99. The Bertz CT molecular complexity index is 522. The number of hydrogen-bond donors (Lipinski definition) is 1. The Kier molecular flexibility index (Phi) is 4.12. The van der Waals surface area contributed by atoms with Crippen LogP contribution in [0.15, 0.2) is 18.2 Å². The van der Waals surface area contributed by atoms with Crippen LogP contribution in [0.25, 0.3) is 0 Å². The normalized spacial score (nSPS) is 15.1. The lowest BCUT2D eigenvalue weighted by Gasteiger charge is -2.34. The quantitative estimate of drug-likeness (QED) is 0.802. The maximum absolute atomic E-state index is 12.4.